The zero-order chi connectivity index (χ0) is 33.0. The number of para-hydroxylation sites is 4. The monoisotopic (exact) mass is 639 g/mol. The fourth-order valence-electron chi connectivity index (χ4n) is 7.31. The minimum atomic E-state index is 0.785. The predicted molar refractivity (Wildman–Crippen MR) is 205 cm³/mol. The Labute approximate surface area is 288 Å². The lowest BCUT2D eigenvalue weighted by Gasteiger charge is -2.13. The summed E-state index contributed by atoms with van der Waals surface area (Å²) in [4.78, 5) is 15.8. The SMILES string of the molecule is c1ccc(-c2cc(-c3cccc(-n4c5ccccc5c5ccccc54)n3)nc(-c3cccc(-n4c5ccccc5c5ccccc54)n3)c2)cc1. The molecule has 10 rings (SSSR count). The van der Waals surface area contributed by atoms with E-state index in [1.807, 2.05) is 18.2 Å². The summed E-state index contributed by atoms with van der Waals surface area (Å²) in [5, 5.41) is 4.82. The molecule has 0 unspecified atom stereocenters. The van der Waals surface area contributed by atoms with E-state index >= 15 is 0 Å². The zero-order valence-corrected chi connectivity index (χ0v) is 27.0. The zero-order valence-electron chi connectivity index (χ0n) is 27.0. The van der Waals surface area contributed by atoms with Gasteiger partial charge in [-0.25, -0.2) is 15.0 Å². The Morgan fingerprint density at radius 2 is 0.660 bits per heavy atom. The maximum Gasteiger partial charge on any atom is 0.138 e. The van der Waals surface area contributed by atoms with Gasteiger partial charge in [0.2, 0.25) is 0 Å². The Morgan fingerprint density at radius 1 is 0.280 bits per heavy atom. The molecule has 5 aromatic heterocycles. The van der Waals surface area contributed by atoms with Crippen LogP contribution in [0.25, 0.3) is 89.2 Å². The molecule has 5 heterocycles. The molecule has 234 valence electrons. The van der Waals surface area contributed by atoms with Crippen LogP contribution in [0, 0.1) is 0 Å². The fourth-order valence-corrected chi connectivity index (χ4v) is 7.31. The van der Waals surface area contributed by atoms with Gasteiger partial charge in [-0.2, -0.15) is 0 Å². The van der Waals surface area contributed by atoms with Crippen molar-refractivity contribution in [2.75, 3.05) is 0 Å². The van der Waals surface area contributed by atoms with E-state index in [1.165, 1.54) is 21.5 Å². The van der Waals surface area contributed by atoms with E-state index < -0.39 is 0 Å². The van der Waals surface area contributed by atoms with Gasteiger partial charge < -0.3 is 0 Å². The molecule has 0 bridgehead atoms. The van der Waals surface area contributed by atoms with Crippen LogP contribution in [0.4, 0.5) is 0 Å². The lowest BCUT2D eigenvalue weighted by atomic mass is 10.0. The van der Waals surface area contributed by atoms with Gasteiger partial charge in [0.25, 0.3) is 0 Å². The van der Waals surface area contributed by atoms with Crippen LogP contribution in [0.1, 0.15) is 0 Å². The van der Waals surface area contributed by atoms with Crippen molar-refractivity contribution < 1.29 is 0 Å². The minimum Gasteiger partial charge on any atom is -0.294 e. The summed E-state index contributed by atoms with van der Waals surface area (Å²) >= 11 is 0. The summed E-state index contributed by atoms with van der Waals surface area (Å²) in [6.45, 7) is 0. The quantitative estimate of drug-likeness (QED) is 0.188. The molecule has 0 fully saturated rings. The number of fused-ring (bicyclic) bond motifs is 6. The van der Waals surface area contributed by atoms with Gasteiger partial charge in [0.15, 0.2) is 0 Å². The lowest BCUT2D eigenvalue weighted by molar-refractivity contribution is 1.07. The highest BCUT2D eigenvalue weighted by molar-refractivity contribution is 6.10. The van der Waals surface area contributed by atoms with E-state index in [0.29, 0.717) is 0 Å². The molecule has 5 heteroatoms. The molecular weight excluding hydrogens is 611 g/mol. The van der Waals surface area contributed by atoms with Gasteiger partial charge in [-0.05, 0) is 71.8 Å². The third-order valence-corrected chi connectivity index (χ3v) is 9.54. The second-order valence-electron chi connectivity index (χ2n) is 12.5. The molecule has 0 aliphatic heterocycles. The van der Waals surface area contributed by atoms with Crippen molar-refractivity contribution in [3.8, 4) is 45.5 Å². The average molecular weight is 640 g/mol. The van der Waals surface area contributed by atoms with Gasteiger partial charge in [-0.15, -0.1) is 0 Å². The second-order valence-corrected chi connectivity index (χ2v) is 12.5. The highest BCUT2D eigenvalue weighted by atomic mass is 15.1. The Hall–Kier alpha value is -6.85. The highest BCUT2D eigenvalue weighted by Gasteiger charge is 2.17. The van der Waals surface area contributed by atoms with Crippen molar-refractivity contribution in [1.29, 1.82) is 0 Å². The van der Waals surface area contributed by atoms with E-state index in [2.05, 4.69) is 167 Å². The summed E-state index contributed by atoms with van der Waals surface area (Å²) in [5.74, 6) is 1.69. The first kappa shape index (κ1) is 28.2. The Balaban J connectivity index is 1.15. The number of hydrogen-bond acceptors (Lipinski definition) is 3. The van der Waals surface area contributed by atoms with E-state index in [1.54, 1.807) is 0 Å². The van der Waals surface area contributed by atoms with E-state index in [-0.39, 0.29) is 0 Å². The topological polar surface area (TPSA) is 48.5 Å². The van der Waals surface area contributed by atoms with Gasteiger partial charge in [0.1, 0.15) is 11.6 Å². The van der Waals surface area contributed by atoms with Gasteiger partial charge in [-0.3, -0.25) is 9.13 Å². The minimum absolute atomic E-state index is 0.785. The molecule has 0 radical (unpaired) electrons. The standard InChI is InChI=1S/C45H29N5/c1-2-14-30(15-3-1)31-28-38(36-20-12-26-44(47-36)49-40-22-8-4-16-32(40)33-17-5-9-23-41(33)49)46-39(29-31)37-21-13-27-45(48-37)50-42-24-10-6-18-34(42)35-19-7-11-25-43(35)50/h1-29H. The summed E-state index contributed by atoms with van der Waals surface area (Å²) in [5.41, 5.74) is 9.80. The van der Waals surface area contributed by atoms with Crippen LogP contribution in [-0.2, 0) is 0 Å². The first-order valence-corrected chi connectivity index (χ1v) is 16.8. The fraction of sp³-hybridized carbons (Fsp3) is 0. The molecule has 0 aliphatic rings. The van der Waals surface area contributed by atoms with E-state index in [4.69, 9.17) is 15.0 Å². The van der Waals surface area contributed by atoms with Gasteiger partial charge in [0.05, 0.1) is 44.8 Å². The first-order chi connectivity index (χ1) is 24.8. The average Bonchev–Trinajstić information content (AvgIpc) is 3.71. The van der Waals surface area contributed by atoms with Crippen LogP contribution in [-0.4, -0.2) is 24.1 Å². The molecule has 0 amide bonds. The largest absolute Gasteiger partial charge is 0.294 e. The molecule has 50 heavy (non-hydrogen) atoms. The summed E-state index contributed by atoms with van der Waals surface area (Å²) < 4.78 is 4.49. The van der Waals surface area contributed by atoms with Crippen LogP contribution in [0.3, 0.4) is 0 Å². The molecular formula is C45H29N5. The van der Waals surface area contributed by atoms with E-state index in [9.17, 15) is 0 Å². The van der Waals surface area contributed by atoms with Gasteiger partial charge >= 0.3 is 0 Å². The lowest BCUT2D eigenvalue weighted by Crippen LogP contribution is -2.01. The van der Waals surface area contributed by atoms with Crippen molar-refractivity contribution in [2.24, 2.45) is 0 Å². The molecule has 0 atom stereocenters. The second kappa shape index (κ2) is 11.4. The third-order valence-electron chi connectivity index (χ3n) is 9.54. The van der Waals surface area contributed by atoms with Crippen LogP contribution in [0.2, 0.25) is 0 Å². The highest BCUT2D eigenvalue weighted by Crippen LogP contribution is 2.35. The smallest absolute Gasteiger partial charge is 0.138 e. The van der Waals surface area contributed by atoms with Crippen molar-refractivity contribution in [3.63, 3.8) is 0 Å². The third kappa shape index (κ3) is 4.52. The number of hydrogen-bond donors (Lipinski definition) is 0. The van der Waals surface area contributed by atoms with Crippen molar-refractivity contribution >= 4 is 43.6 Å². The molecule has 0 aliphatic carbocycles. The number of nitrogens with zero attached hydrogens (tertiary/aromatic N) is 5. The number of pyridine rings is 3. The summed E-state index contributed by atoms with van der Waals surface area (Å²) in [6.07, 6.45) is 0. The summed E-state index contributed by atoms with van der Waals surface area (Å²) in [6, 6.07) is 61.1. The number of rotatable bonds is 5. The van der Waals surface area contributed by atoms with Crippen LogP contribution < -0.4 is 0 Å². The molecule has 0 spiro atoms. The van der Waals surface area contributed by atoms with E-state index in [0.717, 1.165) is 67.6 Å². The molecule has 0 N–H and O–H groups in total. The van der Waals surface area contributed by atoms with Gasteiger partial charge in [-0.1, -0.05) is 115 Å². The maximum atomic E-state index is 5.26. The van der Waals surface area contributed by atoms with Crippen LogP contribution >= 0.6 is 0 Å². The van der Waals surface area contributed by atoms with Crippen molar-refractivity contribution in [2.45, 2.75) is 0 Å². The number of benzene rings is 5. The normalized spacial score (nSPS) is 11.6. The molecule has 0 saturated carbocycles. The number of aromatic nitrogens is 5. The van der Waals surface area contributed by atoms with Crippen molar-refractivity contribution in [1.82, 2.24) is 24.1 Å². The van der Waals surface area contributed by atoms with Crippen molar-refractivity contribution in [3.05, 3.63) is 176 Å². The molecule has 0 saturated heterocycles. The molecule has 5 aromatic carbocycles. The van der Waals surface area contributed by atoms with Crippen LogP contribution in [0.15, 0.2) is 176 Å². The molecule has 10 aromatic rings. The van der Waals surface area contributed by atoms with Crippen LogP contribution in [0.5, 0.6) is 0 Å². The Morgan fingerprint density at radius 3 is 1.08 bits per heavy atom. The maximum absolute atomic E-state index is 5.26. The van der Waals surface area contributed by atoms with Gasteiger partial charge in [0, 0.05) is 21.5 Å². The predicted octanol–water partition coefficient (Wildman–Crippen LogP) is 11.1. The first-order valence-electron chi connectivity index (χ1n) is 16.8. The molecule has 5 nitrogen and oxygen atoms in total. The Kier molecular flexibility index (Phi) is 6.42. The Bertz CT molecular complexity index is 2600. The summed E-state index contributed by atoms with van der Waals surface area (Å²) in [7, 11) is 0.